The predicted molar refractivity (Wildman–Crippen MR) is 128 cm³/mol. The molecule has 3 aromatic rings. The minimum atomic E-state index is -5.42. The number of amides is 1. The highest BCUT2D eigenvalue weighted by atomic mass is 35.5. The molecule has 1 heterocycles. The Morgan fingerprint density at radius 1 is 1.13 bits per heavy atom. The second-order valence-corrected chi connectivity index (χ2v) is 10.2. The number of esters is 1. The van der Waals surface area contributed by atoms with Gasteiger partial charge < -0.3 is 10.1 Å². The van der Waals surface area contributed by atoms with Crippen LogP contribution >= 0.6 is 11.6 Å². The summed E-state index contributed by atoms with van der Waals surface area (Å²) >= 11 is 5.81. The van der Waals surface area contributed by atoms with Crippen molar-refractivity contribution in [3.8, 4) is 0 Å². The third-order valence-electron chi connectivity index (χ3n) is 5.64. The van der Waals surface area contributed by atoms with Crippen LogP contribution in [0.3, 0.4) is 0 Å². The molecule has 0 aromatic heterocycles. The van der Waals surface area contributed by atoms with Crippen molar-refractivity contribution in [3.05, 3.63) is 92.5 Å². The zero-order chi connectivity index (χ0) is 28.0. The fourth-order valence-corrected chi connectivity index (χ4v) is 5.35. The lowest BCUT2D eigenvalue weighted by molar-refractivity contribution is -0.385. The van der Waals surface area contributed by atoms with Gasteiger partial charge in [0.25, 0.3) is 21.6 Å². The molecule has 0 fully saturated rings. The molecule has 1 amide bonds. The van der Waals surface area contributed by atoms with Crippen molar-refractivity contribution in [1.29, 1.82) is 0 Å². The molecular weight excluding hydrogens is 555 g/mol. The van der Waals surface area contributed by atoms with Gasteiger partial charge in [0.15, 0.2) is 0 Å². The number of nitrogens with one attached hydrogen (secondary N) is 2. The van der Waals surface area contributed by atoms with Crippen molar-refractivity contribution < 1.29 is 40.8 Å². The van der Waals surface area contributed by atoms with Crippen molar-refractivity contribution in [2.24, 2.45) is 0 Å². The quantitative estimate of drug-likeness (QED) is 0.243. The molecule has 10 nitrogen and oxygen atoms in total. The smallest absolute Gasteiger partial charge is 0.430 e. The topological polar surface area (TPSA) is 145 Å². The Balaban J connectivity index is 1.75. The first kappa shape index (κ1) is 26.9. The molecule has 15 heteroatoms. The van der Waals surface area contributed by atoms with Gasteiger partial charge in [-0.2, -0.15) is 13.2 Å². The minimum absolute atomic E-state index is 0.0181. The highest BCUT2D eigenvalue weighted by Crippen LogP contribution is 2.50. The SMILES string of the molecule is Cc1ccc([N+](=O)[O-])cc1S(=O)(=O)Nc1ccccc1C(=O)O[C@]1(C(F)(F)F)C(=O)Nc2cc(Cl)ccc21. The summed E-state index contributed by atoms with van der Waals surface area (Å²) < 4.78 is 75.9. The number of aryl methyl sites for hydroxylation is 1. The Labute approximate surface area is 217 Å². The van der Waals surface area contributed by atoms with Crippen LogP contribution < -0.4 is 10.0 Å². The maximum absolute atomic E-state index is 14.3. The molecule has 1 aliphatic rings. The molecule has 1 atom stereocenters. The van der Waals surface area contributed by atoms with Gasteiger partial charge in [0.1, 0.15) is 0 Å². The molecule has 0 radical (unpaired) electrons. The summed E-state index contributed by atoms with van der Waals surface area (Å²) in [5.74, 6) is -3.37. The summed E-state index contributed by atoms with van der Waals surface area (Å²) in [6.45, 7) is 1.37. The third-order valence-corrected chi connectivity index (χ3v) is 7.38. The van der Waals surface area contributed by atoms with Gasteiger partial charge in [0.05, 0.1) is 26.8 Å². The second-order valence-electron chi connectivity index (χ2n) is 8.07. The molecule has 0 spiro atoms. The number of halogens is 4. The first-order valence-corrected chi connectivity index (χ1v) is 12.3. The van der Waals surface area contributed by atoms with Gasteiger partial charge in [0, 0.05) is 22.7 Å². The number of nitro groups is 1. The van der Waals surface area contributed by atoms with Crippen LogP contribution in [0.1, 0.15) is 21.5 Å². The number of para-hydroxylation sites is 1. The number of rotatable bonds is 6. The molecule has 0 saturated heterocycles. The number of hydrogen-bond acceptors (Lipinski definition) is 7. The number of fused-ring (bicyclic) bond motifs is 1. The van der Waals surface area contributed by atoms with E-state index in [1.54, 1.807) is 0 Å². The molecule has 2 N–H and O–H groups in total. The largest absolute Gasteiger partial charge is 0.442 e. The Kier molecular flexibility index (Phi) is 6.57. The van der Waals surface area contributed by atoms with E-state index in [1.807, 2.05) is 5.32 Å². The molecule has 38 heavy (non-hydrogen) atoms. The molecule has 0 unspecified atom stereocenters. The summed E-state index contributed by atoms with van der Waals surface area (Å²) in [6, 6.07) is 10.7. The van der Waals surface area contributed by atoms with Crippen LogP contribution in [-0.2, 0) is 25.2 Å². The molecular formula is C23H15ClF3N3O7S. The van der Waals surface area contributed by atoms with Gasteiger partial charge in [-0.3, -0.25) is 19.6 Å². The zero-order valence-electron chi connectivity index (χ0n) is 19.0. The molecule has 4 rings (SSSR count). The number of non-ortho nitro benzene ring substituents is 1. The van der Waals surface area contributed by atoms with E-state index < -0.39 is 66.0 Å². The Morgan fingerprint density at radius 2 is 1.82 bits per heavy atom. The van der Waals surface area contributed by atoms with E-state index in [0.717, 1.165) is 42.5 Å². The number of ether oxygens (including phenoxy) is 1. The highest BCUT2D eigenvalue weighted by molar-refractivity contribution is 7.92. The second kappa shape index (κ2) is 9.29. The fourth-order valence-electron chi connectivity index (χ4n) is 3.84. The van der Waals surface area contributed by atoms with Crippen LogP contribution in [-0.4, -0.2) is 31.4 Å². The summed E-state index contributed by atoms with van der Waals surface area (Å²) in [4.78, 5) is 35.5. The molecule has 0 saturated carbocycles. The average molecular weight is 570 g/mol. The van der Waals surface area contributed by atoms with Crippen molar-refractivity contribution in [2.45, 2.75) is 23.6 Å². The standard InChI is InChI=1S/C23H15ClF3N3O7S/c1-12-6-8-14(30(33)34)11-19(12)38(35,36)29-17-5-3-2-4-15(17)20(31)37-22(23(25,26)27)16-9-7-13(24)10-18(16)28-21(22)32/h2-11,29H,1H3,(H,28,32)/t22-/m0/s1. The number of anilines is 2. The van der Waals surface area contributed by atoms with E-state index in [2.05, 4.69) is 4.72 Å². The minimum Gasteiger partial charge on any atom is -0.430 e. The van der Waals surface area contributed by atoms with Crippen molar-refractivity contribution in [3.63, 3.8) is 0 Å². The van der Waals surface area contributed by atoms with E-state index >= 15 is 0 Å². The maximum atomic E-state index is 14.3. The number of carbonyl (C=O) groups excluding carboxylic acids is 2. The Hall–Kier alpha value is -4.17. The zero-order valence-corrected chi connectivity index (χ0v) is 20.6. The number of nitro benzene ring substituents is 1. The van der Waals surface area contributed by atoms with Gasteiger partial charge in [-0.25, -0.2) is 13.2 Å². The molecule has 0 aliphatic carbocycles. The first-order chi connectivity index (χ1) is 17.7. The van der Waals surface area contributed by atoms with Gasteiger partial charge in [-0.1, -0.05) is 35.9 Å². The lowest BCUT2D eigenvalue weighted by Crippen LogP contribution is -2.51. The van der Waals surface area contributed by atoms with Crippen molar-refractivity contribution >= 4 is 50.6 Å². The van der Waals surface area contributed by atoms with Crippen LogP contribution in [0, 0.1) is 17.0 Å². The number of nitrogens with zero attached hydrogens (tertiary/aromatic N) is 1. The summed E-state index contributed by atoms with van der Waals surface area (Å²) in [7, 11) is -4.57. The van der Waals surface area contributed by atoms with Crippen molar-refractivity contribution in [1.82, 2.24) is 0 Å². The lowest BCUT2D eigenvalue weighted by atomic mass is 9.94. The number of alkyl halides is 3. The van der Waals surface area contributed by atoms with E-state index in [1.165, 1.54) is 25.1 Å². The van der Waals surface area contributed by atoms with E-state index in [0.29, 0.717) is 0 Å². The summed E-state index contributed by atoms with van der Waals surface area (Å²) in [5.41, 5.74) is -6.32. The van der Waals surface area contributed by atoms with Crippen LogP contribution in [0.4, 0.5) is 30.2 Å². The van der Waals surface area contributed by atoms with Gasteiger partial charge >= 0.3 is 17.7 Å². The Bertz CT molecular complexity index is 1610. The number of benzene rings is 3. The maximum Gasteiger partial charge on any atom is 0.442 e. The average Bonchev–Trinajstić information content (AvgIpc) is 3.10. The Morgan fingerprint density at radius 3 is 2.47 bits per heavy atom. The third kappa shape index (κ3) is 4.52. The van der Waals surface area contributed by atoms with Crippen LogP contribution in [0.2, 0.25) is 5.02 Å². The highest BCUT2D eigenvalue weighted by Gasteiger charge is 2.69. The lowest BCUT2D eigenvalue weighted by Gasteiger charge is -2.29. The van der Waals surface area contributed by atoms with Crippen LogP contribution in [0.25, 0.3) is 0 Å². The van der Waals surface area contributed by atoms with Gasteiger partial charge in [-0.15, -0.1) is 0 Å². The molecule has 198 valence electrons. The summed E-state index contributed by atoms with van der Waals surface area (Å²) in [6.07, 6.45) is -5.42. The molecule has 1 aliphatic heterocycles. The monoisotopic (exact) mass is 569 g/mol. The van der Waals surface area contributed by atoms with Crippen molar-refractivity contribution in [2.75, 3.05) is 10.0 Å². The molecule has 3 aromatic carbocycles. The van der Waals surface area contributed by atoms with E-state index in [4.69, 9.17) is 16.3 Å². The first-order valence-electron chi connectivity index (χ1n) is 10.5. The number of sulfonamides is 1. The fraction of sp³-hybridized carbons (Fsp3) is 0.130. The summed E-state index contributed by atoms with van der Waals surface area (Å²) in [5, 5.41) is 13.1. The van der Waals surface area contributed by atoms with Gasteiger partial charge in [0.2, 0.25) is 0 Å². The number of carbonyl (C=O) groups is 2. The van der Waals surface area contributed by atoms with Crippen LogP contribution in [0.15, 0.2) is 65.6 Å². The van der Waals surface area contributed by atoms with E-state index in [-0.39, 0.29) is 16.3 Å². The van der Waals surface area contributed by atoms with Gasteiger partial charge in [-0.05, 0) is 36.8 Å². The normalized spacial score (nSPS) is 16.9. The van der Waals surface area contributed by atoms with E-state index in [9.17, 15) is 41.3 Å². The molecule has 0 bridgehead atoms. The van der Waals surface area contributed by atoms with Crippen LogP contribution in [0.5, 0.6) is 0 Å². The number of hydrogen-bond donors (Lipinski definition) is 2. The predicted octanol–water partition coefficient (Wildman–Crippen LogP) is 4.92.